The number of hydrogen-bond acceptors (Lipinski definition) is 3. The van der Waals surface area contributed by atoms with Gasteiger partial charge < -0.3 is 14.8 Å². The highest BCUT2D eigenvalue weighted by Crippen LogP contribution is 2.18. The molecule has 0 unspecified atom stereocenters. The summed E-state index contributed by atoms with van der Waals surface area (Å²) in [5.41, 5.74) is 1.89. The Balaban J connectivity index is 2.21. The van der Waals surface area contributed by atoms with E-state index in [9.17, 15) is 9.59 Å². The van der Waals surface area contributed by atoms with Gasteiger partial charge in [0, 0.05) is 33.0 Å². The molecule has 0 saturated heterocycles. The SMILES string of the molecule is CC(=O)NCCCc1nc2ccccc2n1CC(=O)N(CC(C)C)CC(C)C. The fourth-order valence-corrected chi connectivity index (χ4v) is 3.40. The molecule has 0 fully saturated rings. The van der Waals surface area contributed by atoms with Crippen molar-refractivity contribution in [3.63, 3.8) is 0 Å². The average Bonchev–Trinajstić information content (AvgIpc) is 2.95. The molecule has 154 valence electrons. The summed E-state index contributed by atoms with van der Waals surface area (Å²) in [5, 5.41) is 2.82. The lowest BCUT2D eigenvalue weighted by Crippen LogP contribution is -2.39. The molecule has 0 bridgehead atoms. The number of amides is 2. The molecule has 0 radical (unpaired) electrons. The Bertz CT molecular complexity index is 785. The molecule has 1 heterocycles. The van der Waals surface area contributed by atoms with E-state index in [1.54, 1.807) is 0 Å². The smallest absolute Gasteiger partial charge is 0.242 e. The molecule has 0 spiro atoms. The Hall–Kier alpha value is -2.37. The molecule has 1 aromatic carbocycles. The van der Waals surface area contributed by atoms with Crippen LogP contribution in [0.3, 0.4) is 0 Å². The Labute approximate surface area is 168 Å². The predicted octanol–water partition coefficient (Wildman–Crippen LogP) is 3.25. The van der Waals surface area contributed by atoms with Gasteiger partial charge in [-0.1, -0.05) is 39.8 Å². The van der Waals surface area contributed by atoms with Crippen molar-refractivity contribution < 1.29 is 9.59 Å². The molecule has 6 nitrogen and oxygen atoms in total. The lowest BCUT2D eigenvalue weighted by molar-refractivity contribution is -0.132. The molecule has 2 aromatic rings. The number of para-hydroxylation sites is 2. The van der Waals surface area contributed by atoms with Crippen LogP contribution in [0.2, 0.25) is 0 Å². The molecule has 0 atom stereocenters. The van der Waals surface area contributed by atoms with Crippen LogP contribution in [0.1, 0.15) is 46.9 Å². The van der Waals surface area contributed by atoms with Gasteiger partial charge in [-0.25, -0.2) is 4.98 Å². The summed E-state index contributed by atoms with van der Waals surface area (Å²) in [5.74, 6) is 1.86. The fraction of sp³-hybridized carbons (Fsp3) is 0.591. The zero-order valence-electron chi connectivity index (χ0n) is 17.9. The standard InChI is InChI=1S/C22H34N4O2/c1-16(2)13-25(14-17(3)4)22(28)15-26-20-10-7-6-9-19(20)24-21(26)11-8-12-23-18(5)27/h6-7,9-10,16-17H,8,11-15H2,1-5H3,(H,23,27). The molecule has 0 aliphatic heterocycles. The third-order valence-electron chi connectivity index (χ3n) is 4.50. The van der Waals surface area contributed by atoms with Crippen molar-refractivity contribution in [1.29, 1.82) is 0 Å². The number of hydrogen-bond donors (Lipinski definition) is 1. The minimum absolute atomic E-state index is 0.0262. The first kappa shape index (κ1) is 21.9. The molecular weight excluding hydrogens is 352 g/mol. The third-order valence-corrected chi connectivity index (χ3v) is 4.50. The Morgan fingerprint density at radius 3 is 2.36 bits per heavy atom. The first-order valence-corrected chi connectivity index (χ1v) is 10.2. The van der Waals surface area contributed by atoms with Crippen molar-refractivity contribution in [1.82, 2.24) is 19.8 Å². The van der Waals surface area contributed by atoms with Gasteiger partial charge in [-0.3, -0.25) is 9.59 Å². The molecule has 6 heteroatoms. The van der Waals surface area contributed by atoms with E-state index in [0.29, 0.717) is 24.9 Å². The molecule has 1 N–H and O–H groups in total. The summed E-state index contributed by atoms with van der Waals surface area (Å²) in [4.78, 5) is 30.9. The summed E-state index contributed by atoms with van der Waals surface area (Å²) >= 11 is 0. The van der Waals surface area contributed by atoms with E-state index in [-0.39, 0.29) is 11.8 Å². The summed E-state index contributed by atoms with van der Waals surface area (Å²) in [6.07, 6.45) is 1.51. The normalized spacial score (nSPS) is 11.4. The number of aromatic nitrogens is 2. The number of nitrogens with zero attached hydrogens (tertiary/aromatic N) is 3. The van der Waals surface area contributed by atoms with Crippen molar-refractivity contribution >= 4 is 22.8 Å². The summed E-state index contributed by atoms with van der Waals surface area (Å²) < 4.78 is 2.04. The largest absolute Gasteiger partial charge is 0.356 e. The van der Waals surface area contributed by atoms with E-state index in [1.807, 2.05) is 33.7 Å². The van der Waals surface area contributed by atoms with Crippen LogP contribution in [0, 0.1) is 11.8 Å². The van der Waals surface area contributed by atoms with Gasteiger partial charge in [0.05, 0.1) is 11.0 Å². The van der Waals surface area contributed by atoms with Crippen molar-refractivity contribution in [2.75, 3.05) is 19.6 Å². The highest BCUT2D eigenvalue weighted by Gasteiger charge is 2.19. The topological polar surface area (TPSA) is 67.2 Å². The van der Waals surface area contributed by atoms with Crippen LogP contribution in [0.25, 0.3) is 11.0 Å². The van der Waals surface area contributed by atoms with Crippen LogP contribution in [-0.4, -0.2) is 45.9 Å². The Morgan fingerprint density at radius 1 is 1.11 bits per heavy atom. The van der Waals surface area contributed by atoms with E-state index in [4.69, 9.17) is 4.98 Å². The number of carbonyl (C=O) groups excluding carboxylic acids is 2. The van der Waals surface area contributed by atoms with E-state index >= 15 is 0 Å². The van der Waals surface area contributed by atoms with E-state index in [2.05, 4.69) is 33.0 Å². The fourth-order valence-electron chi connectivity index (χ4n) is 3.40. The van der Waals surface area contributed by atoms with Crippen LogP contribution in [0.15, 0.2) is 24.3 Å². The lowest BCUT2D eigenvalue weighted by atomic mass is 10.1. The first-order valence-electron chi connectivity index (χ1n) is 10.2. The number of nitrogens with one attached hydrogen (secondary N) is 1. The van der Waals surface area contributed by atoms with E-state index in [1.165, 1.54) is 6.92 Å². The number of aryl methyl sites for hydroxylation is 1. The van der Waals surface area contributed by atoms with Gasteiger partial charge in [-0.15, -0.1) is 0 Å². The molecule has 0 aliphatic carbocycles. The zero-order chi connectivity index (χ0) is 20.7. The molecule has 0 aliphatic rings. The average molecular weight is 387 g/mol. The Kier molecular flexibility index (Phi) is 8.03. The minimum Gasteiger partial charge on any atom is -0.356 e. The van der Waals surface area contributed by atoms with Gasteiger partial charge in [0.1, 0.15) is 12.4 Å². The summed E-state index contributed by atoms with van der Waals surface area (Å²) in [6.45, 7) is 12.5. The van der Waals surface area contributed by atoms with Gasteiger partial charge >= 0.3 is 0 Å². The number of benzene rings is 1. The quantitative estimate of drug-likeness (QED) is 0.638. The van der Waals surface area contributed by atoms with Crippen LogP contribution in [0.5, 0.6) is 0 Å². The monoisotopic (exact) mass is 386 g/mol. The van der Waals surface area contributed by atoms with Gasteiger partial charge in [0.25, 0.3) is 0 Å². The molecule has 1 aromatic heterocycles. The van der Waals surface area contributed by atoms with Crippen molar-refractivity contribution in [2.45, 2.75) is 54.0 Å². The van der Waals surface area contributed by atoms with Crippen molar-refractivity contribution in [3.8, 4) is 0 Å². The van der Waals surface area contributed by atoms with Gasteiger partial charge in [-0.05, 0) is 30.4 Å². The number of rotatable bonds is 10. The maximum Gasteiger partial charge on any atom is 0.242 e. The van der Waals surface area contributed by atoms with Crippen molar-refractivity contribution in [3.05, 3.63) is 30.1 Å². The number of carbonyl (C=O) groups is 2. The molecule has 2 rings (SSSR count). The highest BCUT2D eigenvalue weighted by atomic mass is 16.2. The maximum absolute atomic E-state index is 13.1. The number of imidazole rings is 1. The molecule has 2 amide bonds. The molecule has 0 saturated carbocycles. The molecule has 28 heavy (non-hydrogen) atoms. The molecular formula is C22H34N4O2. The van der Waals surface area contributed by atoms with Gasteiger partial charge in [-0.2, -0.15) is 0 Å². The van der Waals surface area contributed by atoms with Crippen molar-refractivity contribution in [2.24, 2.45) is 11.8 Å². The second-order valence-electron chi connectivity index (χ2n) is 8.28. The third kappa shape index (κ3) is 6.36. The Morgan fingerprint density at radius 2 is 1.75 bits per heavy atom. The highest BCUT2D eigenvalue weighted by molar-refractivity contribution is 5.81. The van der Waals surface area contributed by atoms with Gasteiger partial charge in [0.15, 0.2) is 0 Å². The van der Waals surface area contributed by atoms with Crippen LogP contribution < -0.4 is 5.32 Å². The second kappa shape index (κ2) is 10.2. The van der Waals surface area contributed by atoms with Crippen LogP contribution >= 0.6 is 0 Å². The first-order chi connectivity index (χ1) is 13.3. The summed E-state index contributed by atoms with van der Waals surface area (Å²) in [6, 6.07) is 7.94. The minimum atomic E-state index is -0.0262. The zero-order valence-corrected chi connectivity index (χ0v) is 17.9. The van der Waals surface area contributed by atoms with Gasteiger partial charge in [0.2, 0.25) is 11.8 Å². The van der Waals surface area contributed by atoms with E-state index < -0.39 is 0 Å². The second-order valence-corrected chi connectivity index (χ2v) is 8.28. The predicted molar refractivity (Wildman–Crippen MR) is 113 cm³/mol. The lowest BCUT2D eigenvalue weighted by Gasteiger charge is -2.27. The van der Waals surface area contributed by atoms with Crippen LogP contribution in [0.4, 0.5) is 0 Å². The van der Waals surface area contributed by atoms with Crippen LogP contribution in [-0.2, 0) is 22.6 Å². The maximum atomic E-state index is 13.1. The van der Waals surface area contributed by atoms with E-state index in [0.717, 1.165) is 42.8 Å². The summed E-state index contributed by atoms with van der Waals surface area (Å²) in [7, 11) is 0. The number of fused-ring (bicyclic) bond motifs is 1.